The molecule has 2 aromatic heterocycles. The van der Waals surface area contributed by atoms with Crippen molar-refractivity contribution in [1.82, 2.24) is 72.7 Å². The maximum Gasteiger partial charge on any atom is 0.326 e. The molecule has 1 aliphatic rings. The molecule has 442 valence electrons. The number of carboxylic acid groups (broad SMARTS) is 1. The van der Waals surface area contributed by atoms with Gasteiger partial charge in [-0.15, -0.1) is 0 Å². The van der Waals surface area contributed by atoms with Gasteiger partial charge in [0, 0.05) is 55.3 Å². The molecular weight excluding hydrogens is 1100 g/mol. The molecule has 0 saturated carbocycles. The summed E-state index contributed by atoms with van der Waals surface area (Å²) in [7, 11) is 0. The van der Waals surface area contributed by atoms with Gasteiger partial charge in [0.15, 0.2) is 0 Å². The largest absolute Gasteiger partial charge is 0.480 e. The molecule has 0 spiro atoms. The lowest BCUT2D eigenvalue weighted by molar-refractivity contribution is -0.143. The van der Waals surface area contributed by atoms with Crippen LogP contribution in [0.3, 0.4) is 0 Å². The summed E-state index contributed by atoms with van der Waals surface area (Å²) in [5.41, 5.74) is 16.8. The number of primary amides is 2. The van der Waals surface area contributed by atoms with Crippen LogP contribution in [0.5, 0.6) is 0 Å². The lowest BCUT2D eigenvalue weighted by Gasteiger charge is -2.31. The number of aliphatic hydroxyl groups is 2. The first-order chi connectivity index (χ1) is 37.9. The quantitative estimate of drug-likeness (QED) is 0.0285. The van der Waals surface area contributed by atoms with Crippen molar-refractivity contribution in [2.75, 3.05) is 44.1 Å². The summed E-state index contributed by atoms with van der Waals surface area (Å²) >= 11 is 5.18. The molecule has 20 N–H and O–H groups in total. The van der Waals surface area contributed by atoms with Crippen LogP contribution in [0.1, 0.15) is 56.8 Å². The highest BCUT2D eigenvalue weighted by atomic mass is 32.2. The fourth-order valence-electron chi connectivity index (χ4n) is 7.65. The third-order valence-corrected chi connectivity index (χ3v) is 13.0. The Kier molecular flexibility index (Phi) is 27.8. The fraction of sp³-hybridized carbons (Fsp3) is 0.578. The smallest absolute Gasteiger partial charge is 0.326 e. The van der Waals surface area contributed by atoms with Crippen molar-refractivity contribution < 1.29 is 77.6 Å². The Morgan fingerprint density at radius 3 is 1.74 bits per heavy atom. The van der Waals surface area contributed by atoms with Gasteiger partial charge in [0.25, 0.3) is 0 Å². The molecule has 10 atom stereocenters. The predicted molar refractivity (Wildman–Crippen MR) is 282 cm³/mol. The molecule has 1 fully saturated rings. The number of aromatic amines is 2. The Morgan fingerprint density at radius 2 is 1.21 bits per heavy atom. The van der Waals surface area contributed by atoms with Crippen LogP contribution in [-0.4, -0.2) is 221 Å². The monoisotopic (exact) mass is 1170 g/mol. The van der Waals surface area contributed by atoms with E-state index in [1.165, 1.54) is 43.7 Å². The number of aliphatic carboxylic acids is 1. The SMILES string of the molecule is CSCC[C@H](NC(=O)[C@H](CO)NC(=O)[C@H](C)NC(=O)[C@H](CO)NC(=O)[C@@H](N)CS)C(=O)N[C@@H](CCC(N)=O)C(=O)N1CCC[C@H]1C(=O)N[C@@H](Cc1cnc[nH]1)C(=O)N[C@@H](Cc1cnc[nH]1)C(=O)NCC(=O)N[C@@H](CC(N)=O)C(=O)O. The number of hydrogen-bond donors (Lipinski definition) is 18. The second-order valence-corrected chi connectivity index (χ2v) is 19.5. The van der Waals surface area contributed by atoms with Gasteiger partial charge < -0.3 is 95.2 Å². The molecule has 1 aliphatic heterocycles. The zero-order chi connectivity index (χ0) is 59.6. The summed E-state index contributed by atoms with van der Waals surface area (Å²) in [6, 6.07) is -14.6. The zero-order valence-electron chi connectivity index (χ0n) is 43.6. The van der Waals surface area contributed by atoms with E-state index in [1.807, 2.05) is 0 Å². The Hall–Kier alpha value is -7.89. The standard InChI is InChI=1S/C45H69N17O16S2/c1-21(54-41(73)30(16-63)61-37(69)24(46)18-79)36(68)60-31(17-64)42(74)56-25(7-9-80-2)39(71)57-26(5-6-33(47)65)44(76)62-8-3-4-32(62)43(75)59-28(11-23-14-50-20-53-23)40(72)58-27(10-22-13-49-19-52-22)38(70)51-15-35(67)55-29(45(77)78)12-34(48)66/h13-14,19-21,24-32,63-64,79H,3-12,15-18,46H2,1-2H3,(H2,47,65)(H2,48,66)(H,49,52)(H,50,53)(H,51,70)(H,54,73)(H,55,67)(H,56,74)(H,57,71)(H,58,72)(H,59,75)(H,60,68)(H,61,69)(H,77,78)/t21-,24-,25-,26-,27-,28-,29-,30-,31-,32-/m0/s1. The van der Waals surface area contributed by atoms with Gasteiger partial charge in [0.2, 0.25) is 70.9 Å². The van der Waals surface area contributed by atoms with E-state index in [9.17, 15) is 77.6 Å². The minimum atomic E-state index is -1.71. The van der Waals surface area contributed by atoms with E-state index in [0.717, 1.165) is 4.90 Å². The number of H-pyrrole nitrogens is 2. The van der Waals surface area contributed by atoms with E-state index < -0.39 is 170 Å². The first kappa shape index (κ1) is 66.4. The van der Waals surface area contributed by atoms with E-state index in [1.54, 1.807) is 6.26 Å². The molecular formula is C45H69N17O16S2. The van der Waals surface area contributed by atoms with Crippen LogP contribution < -0.4 is 65.1 Å². The Morgan fingerprint density at radius 1 is 0.688 bits per heavy atom. The van der Waals surface area contributed by atoms with Gasteiger partial charge in [-0.2, -0.15) is 24.4 Å². The molecule has 3 heterocycles. The van der Waals surface area contributed by atoms with E-state index in [0.29, 0.717) is 11.4 Å². The number of amides is 12. The van der Waals surface area contributed by atoms with E-state index >= 15 is 0 Å². The summed E-state index contributed by atoms with van der Waals surface area (Å²) in [5.74, 6) is -12.7. The molecule has 0 unspecified atom stereocenters. The molecule has 1 saturated heterocycles. The Bertz CT molecular complexity index is 2490. The summed E-state index contributed by atoms with van der Waals surface area (Å²) in [6.07, 6.45) is 5.21. The van der Waals surface area contributed by atoms with Gasteiger partial charge >= 0.3 is 5.97 Å². The highest BCUT2D eigenvalue weighted by molar-refractivity contribution is 7.98. The van der Waals surface area contributed by atoms with Crippen molar-refractivity contribution in [1.29, 1.82) is 0 Å². The van der Waals surface area contributed by atoms with Crippen molar-refractivity contribution in [2.24, 2.45) is 17.2 Å². The van der Waals surface area contributed by atoms with Crippen LogP contribution in [0.25, 0.3) is 0 Å². The number of carboxylic acids is 1. The summed E-state index contributed by atoms with van der Waals surface area (Å²) in [4.78, 5) is 184. The number of nitrogens with one attached hydrogen (secondary N) is 11. The number of carbonyl (C=O) groups is 13. The Balaban J connectivity index is 1.80. The zero-order valence-corrected chi connectivity index (χ0v) is 45.3. The number of nitrogens with zero attached hydrogens (tertiary/aromatic N) is 3. The van der Waals surface area contributed by atoms with Crippen molar-refractivity contribution in [3.05, 3.63) is 36.4 Å². The molecule has 0 radical (unpaired) electrons. The fourth-order valence-corrected chi connectivity index (χ4v) is 8.29. The topological polar surface area (TPSA) is 530 Å². The van der Waals surface area contributed by atoms with Gasteiger partial charge in [-0.05, 0) is 44.6 Å². The van der Waals surface area contributed by atoms with Crippen LogP contribution in [0.15, 0.2) is 25.0 Å². The number of thiol groups is 1. The van der Waals surface area contributed by atoms with Crippen molar-refractivity contribution >= 4 is 101 Å². The molecule has 0 bridgehead atoms. The third-order valence-electron chi connectivity index (χ3n) is 12.0. The van der Waals surface area contributed by atoms with E-state index in [-0.39, 0.29) is 56.6 Å². The van der Waals surface area contributed by atoms with Gasteiger partial charge in [-0.1, -0.05) is 0 Å². The number of carbonyl (C=O) groups excluding carboxylic acids is 12. The molecule has 3 rings (SSSR count). The predicted octanol–water partition coefficient (Wildman–Crippen LogP) is -8.86. The number of aromatic nitrogens is 4. The van der Waals surface area contributed by atoms with Crippen molar-refractivity contribution in [2.45, 2.75) is 119 Å². The van der Waals surface area contributed by atoms with Gasteiger partial charge in [0.1, 0.15) is 54.4 Å². The third kappa shape index (κ3) is 21.7. The second-order valence-electron chi connectivity index (χ2n) is 18.1. The second kappa shape index (κ2) is 33.5. The lowest BCUT2D eigenvalue weighted by Crippen LogP contribution is -2.61. The lowest BCUT2D eigenvalue weighted by atomic mass is 10.1. The number of aliphatic hydroxyl groups excluding tert-OH is 2. The highest BCUT2D eigenvalue weighted by Crippen LogP contribution is 2.21. The van der Waals surface area contributed by atoms with Gasteiger partial charge in [-0.3, -0.25) is 57.5 Å². The van der Waals surface area contributed by atoms with Crippen LogP contribution in [-0.2, 0) is 75.2 Å². The molecule has 35 heteroatoms. The van der Waals surface area contributed by atoms with Gasteiger partial charge in [0.05, 0.1) is 44.9 Å². The average molecular weight is 1170 g/mol. The Labute approximate surface area is 466 Å². The van der Waals surface area contributed by atoms with Crippen LogP contribution in [0.2, 0.25) is 0 Å². The minimum absolute atomic E-state index is 0.0457. The van der Waals surface area contributed by atoms with E-state index in [2.05, 4.69) is 80.4 Å². The van der Waals surface area contributed by atoms with Crippen LogP contribution >= 0.6 is 24.4 Å². The highest BCUT2D eigenvalue weighted by Gasteiger charge is 2.41. The number of rotatable bonds is 35. The van der Waals surface area contributed by atoms with E-state index in [4.69, 9.17) is 17.2 Å². The number of thioether (sulfide) groups is 1. The molecule has 2 aromatic rings. The van der Waals surface area contributed by atoms with Crippen molar-refractivity contribution in [3.63, 3.8) is 0 Å². The first-order valence-electron chi connectivity index (χ1n) is 24.7. The average Bonchev–Trinajstić information content (AvgIpc) is 4.25. The minimum Gasteiger partial charge on any atom is -0.480 e. The van der Waals surface area contributed by atoms with Crippen LogP contribution in [0.4, 0.5) is 0 Å². The number of likely N-dealkylation sites (tertiary alicyclic amines) is 1. The van der Waals surface area contributed by atoms with Crippen LogP contribution in [0, 0.1) is 0 Å². The van der Waals surface area contributed by atoms with Crippen molar-refractivity contribution in [3.8, 4) is 0 Å². The van der Waals surface area contributed by atoms with Gasteiger partial charge in [-0.25, -0.2) is 14.8 Å². The molecule has 33 nitrogen and oxygen atoms in total. The number of imidazole rings is 2. The summed E-state index contributed by atoms with van der Waals surface area (Å²) in [6.45, 7) is -1.52. The first-order valence-corrected chi connectivity index (χ1v) is 26.8. The summed E-state index contributed by atoms with van der Waals surface area (Å²) < 4.78 is 0. The maximum absolute atomic E-state index is 14.4. The molecule has 0 aromatic carbocycles. The maximum atomic E-state index is 14.4. The molecule has 12 amide bonds. The summed E-state index contributed by atoms with van der Waals surface area (Å²) in [5, 5.41) is 50.4. The normalized spacial score (nSPS) is 16.3. The number of nitrogens with two attached hydrogens (primary N) is 3. The number of hydrogen-bond acceptors (Lipinski definition) is 20. The molecule has 80 heavy (non-hydrogen) atoms. The molecule has 0 aliphatic carbocycles.